The van der Waals surface area contributed by atoms with E-state index in [0.717, 1.165) is 25.9 Å². The summed E-state index contributed by atoms with van der Waals surface area (Å²) in [6.07, 6.45) is 3.47. The Balaban J connectivity index is 2.01. The van der Waals surface area contributed by atoms with Gasteiger partial charge >= 0.3 is 0 Å². The molecule has 0 aliphatic carbocycles. The Morgan fingerprint density at radius 2 is 2.05 bits per heavy atom. The number of rotatable bonds is 4. The number of piperidine rings is 1. The van der Waals surface area contributed by atoms with Crippen LogP contribution >= 0.6 is 11.6 Å². The summed E-state index contributed by atoms with van der Waals surface area (Å²) in [6, 6.07) is 4.23. The van der Waals surface area contributed by atoms with Crippen molar-refractivity contribution in [2.75, 3.05) is 25.0 Å². The Labute approximate surface area is 121 Å². The van der Waals surface area contributed by atoms with E-state index >= 15 is 0 Å². The molecule has 1 fully saturated rings. The minimum Gasteiger partial charge on any atom is -0.327 e. The van der Waals surface area contributed by atoms with Crippen LogP contribution in [0.2, 0.25) is 5.02 Å². The Morgan fingerprint density at radius 1 is 1.35 bits per heavy atom. The van der Waals surface area contributed by atoms with Crippen LogP contribution in [-0.4, -0.2) is 30.5 Å². The average Bonchev–Trinajstić information content (AvgIpc) is 2.41. The van der Waals surface area contributed by atoms with Crippen LogP contribution in [0.5, 0.6) is 0 Å². The Bertz CT molecular complexity index is 516. The second-order valence-electron chi connectivity index (χ2n) is 4.95. The van der Waals surface area contributed by atoms with Crippen LogP contribution < -0.4 is 10.2 Å². The zero-order chi connectivity index (χ0) is 14.5. The smallest absolute Gasteiger partial charge is 0.294 e. The van der Waals surface area contributed by atoms with Gasteiger partial charge in [0.1, 0.15) is 5.69 Å². The van der Waals surface area contributed by atoms with E-state index in [1.807, 2.05) is 0 Å². The van der Waals surface area contributed by atoms with Gasteiger partial charge in [-0.05, 0) is 31.4 Å². The summed E-state index contributed by atoms with van der Waals surface area (Å²) < 4.78 is 0. The van der Waals surface area contributed by atoms with Crippen LogP contribution in [0.3, 0.4) is 0 Å². The van der Waals surface area contributed by atoms with E-state index in [0.29, 0.717) is 6.54 Å². The van der Waals surface area contributed by atoms with Crippen molar-refractivity contribution in [1.82, 2.24) is 0 Å². The Hall–Kier alpha value is -1.66. The third kappa shape index (κ3) is 3.91. The summed E-state index contributed by atoms with van der Waals surface area (Å²) in [5.74, 6) is -0.202. The lowest BCUT2D eigenvalue weighted by molar-refractivity contribution is -0.896. The van der Waals surface area contributed by atoms with Gasteiger partial charge in [-0.25, -0.2) is 0 Å². The van der Waals surface area contributed by atoms with Gasteiger partial charge in [0.25, 0.3) is 11.6 Å². The monoisotopic (exact) mass is 298 g/mol. The molecule has 2 N–H and O–H groups in total. The van der Waals surface area contributed by atoms with E-state index < -0.39 is 4.92 Å². The maximum Gasteiger partial charge on any atom is 0.294 e. The summed E-state index contributed by atoms with van der Waals surface area (Å²) in [5.41, 5.74) is 0.0142. The number of benzene rings is 1. The van der Waals surface area contributed by atoms with Crippen molar-refractivity contribution in [2.45, 2.75) is 19.3 Å². The topological polar surface area (TPSA) is 76.7 Å². The molecular formula is C13H17ClN3O3+. The standard InChI is InChI=1S/C13H16ClN3O3/c14-10-4-5-11(12(8-10)17(19)20)15-13(18)9-16-6-2-1-3-7-16/h4-5,8H,1-3,6-7,9H2,(H,15,18)/p+1. The minimum absolute atomic E-state index is 0.181. The highest BCUT2D eigenvalue weighted by Crippen LogP contribution is 2.27. The van der Waals surface area contributed by atoms with Gasteiger partial charge in [-0.3, -0.25) is 14.9 Å². The van der Waals surface area contributed by atoms with E-state index in [4.69, 9.17) is 11.6 Å². The first-order valence-electron chi connectivity index (χ1n) is 6.63. The lowest BCUT2D eigenvalue weighted by Gasteiger charge is -2.22. The fraction of sp³-hybridized carbons (Fsp3) is 0.462. The second kappa shape index (κ2) is 6.67. The number of quaternary nitrogens is 1. The minimum atomic E-state index is -0.546. The van der Waals surface area contributed by atoms with Gasteiger partial charge in [-0.15, -0.1) is 0 Å². The number of hydrogen-bond donors (Lipinski definition) is 2. The van der Waals surface area contributed by atoms with E-state index in [2.05, 4.69) is 5.32 Å². The van der Waals surface area contributed by atoms with Gasteiger partial charge in [0.2, 0.25) is 0 Å². The zero-order valence-electron chi connectivity index (χ0n) is 11.0. The Morgan fingerprint density at radius 3 is 2.70 bits per heavy atom. The van der Waals surface area contributed by atoms with Crippen LogP contribution in [0, 0.1) is 10.1 Å². The summed E-state index contributed by atoms with van der Waals surface area (Å²) in [6.45, 7) is 2.31. The number of nitrogens with one attached hydrogen (secondary N) is 2. The molecule has 0 spiro atoms. The molecule has 0 aromatic heterocycles. The van der Waals surface area contributed by atoms with Crippen molar-refractivity contribution in [3.63, 3.8) is 0 Å². The molecule has 0 radical (unpaired) electrons. The highest BCUT2D eigenvalue weighted by Gasteiger charge is 2.20. The van der Waals surface area contributed by atoms with Crippen LogP contribution in [0.15, 0.2) is 18.2 Å². The number of anilines is 1. The molecule has 7 heteroatoms. The average molecular weight is 299 g/mol. The normalized spacial score (nSPS) is 15.8. The number of nitrogens with zero attached hydrogens (tertiary/aromatic N) is 1. The van der Waals surface area contributed by atoms with Crippen LogP contribution in [0.25, 0.3) is 0 Å². The number of nitro benzene ring substituents is 1. The van der Waals surface area contributed by atoms with E-state index in [9.17, 15) is 14.9 Å². The zero-order valence-corrected chi connectivity index (χ0v) is 11.8. The molecule has 1 heterocycles. The van der Waals surface area contributed by atoms with Crippen LogP contribution in [0.4, 0.5) is 11.4 Å². The number of halogens is 1. The van der Waals surface area contributed by atoms with E-state index in [1.54, 1.807) is 0 Å². The molecule has 2 rings (SSSR count). The van der Waals surface area contributed by atoms with E-state index in [1.165, 1.54) is 29.5 Å². The summed E-state index contributed by atoms with van der Waals surface area (Å²) in [7, 11) is 0. The fourth-order valence-electron chi connectivity index (χ4n) is 2.41. The van der Waals surface area contributed by atoms with Crippen molar-refractivity contribution < 1.29 is 14.6 Å². The predicted molar refractivity (Wildman–Crippen MR) is 76.2 cm³/mol. The summed E-state index contributed by atoms with van der Waals surface area (Å²) >= 11 is 5.73. The fourth-order valence-corrected chi connectivity index (χ4v) is 2.58. The molecule has 0 saturated carbocycles. The number of likely N-dealkylation sites (tertiary alicyclic amines) is 1. The number of nitro groups is 1. The maximum atomic E-state index is 12.0. The van der Waals surface area contributed by atoms with Gasteiger partial charge < -0.3 is 10.2 Å². The molecule has 1 aromatic carbocycles. The molecule has 0 atom stereocenters. The number of carbonyl (C=O) groups excluding carboxylic acids is 1. The van der Waals surface area contributed by atoms with Crippen LogP contribution in [-0.2, 0) is 4.79 Å². The molecule has 1 aliphatic rings. The SMILES string of the molecule is O=C(C[NH+]1CCCCC1)Nc1ccc(Cl)cc1[N+](=O)[O-]. The predicted octanol–water partition coefficient (Wildman–Crippen LogP) is 1.26. The van der Waals surface area contributed by atoms with Gasteiger partial charge in [0.05, 0.1) is 18.0 Å². The van der Waals surface area contributed by atoms with Gasteiger partial charge in [-0.1, -0.05) is 11.6 Å². The first-order valence-corrected chi connectivity index (χ1v) is 7.01. The molecule has 108 valence electrons. The van der Waals surface area contributed by atoms with Crippen molar-refractivity contribution in [3.8, 4) is 0 Å². The molecule has 6 nitrogen and oxygen atoms in total. The molecule has 0 bridgehead atoms. The quantitative estimate of drug-likeness (QED) is 0.649. The molecule has 1 saturated heterocycles. The molecule has 0 unspecified atom stereocenters. The van der Waals surface area contributed by atoms with Crippen molar-refractivity contribution in [2.24, 2.45) is 0 Å². The third-order valence-corrected chi connectivity index (χ3v) is 3.64. The largest absolute Gasteiger partial charge is 0.327 e. The van der Waals surface area contributed by atoms with Gasteiger partial charge in [0, 0.05) is 11.1 Å². The molecular weight excluding hydrogens is 282 g/mol. The van der Waals surface area contributed by atoms with Crippen molar-refractivity contribution >= 4 is 28.9 Å². The van der Waals surface area contributed by atoms with Gasteiger partial charge in [-0.2, -0.15) is 0 Å². The first kappa shape index (κ1) is 14.7. The van der Waals surface area contributed by atoms with Crippen molar-refractivity contribution in [1.29, 1.82) is 0 Å². The lowest BCUT2D eigenvalue weighted by Crippen LogP contribution is -3.13. The number of amides is 1. The van der Waals surface area contributed by atoms with Crippen molar-refractivity contribution in [3.05, 3.63) is 33.3 Å². The highest BCUT2D eigenvalue weighted by molar-refractivity contribution is 6.31. The van der Waals surface area contributed by atoms with E-state index in [-0.39, 0.29) is 22.3 Å². The number of carbonyl (C=O) groups is 1. The summed E-state index contributed by atoms with van der Waals surface area (Å²) in [4.78, 5) is 23.6. The summed E-state index contributed by atoms with van der Waals surface area (Å²) in [5, 5.41) is 13.8. The second-order valence-corrected chi connectivity index (χ2v) is 5.39. The molecule has 1 aromatic rings. The lowest BCUT2D eigenvalue weighted by atomic mass is 10.1. The van der Waals surface area contributed by atoms with Gasteiger partial charge in [0.15, 0.2) is 6.54 Å². The molecule has 1 aliphatic heterocycles. The number of hydrogen-bond acceptors (Lipinski definition) is 3. The molecule has 20 heavy (non-hydrogen) atoms. The Kier molecular flexibility index (Phi) is 4.92. The first-order chi connectivity index (χ1) is 9.56. The van der Waals surface area contributed by atoms with Crippen LogP contribution in [0.1, 0.15) is 19.3 Å². The molecule has 1 amide bonds. The maximum absolute atomic E-state index is 12.0. The highest BCUT2D eigenvalue weighted by atomic mass is 35.5. The third-order valence-electron chi connectivity index (χ3n) is 3.40.